The van der Waals surface area contributed by atoms with Gasteiger partial charge >= 0.3 is 0 Å². The first-order valence-electron chi connectivity index (χ1n) is 7.18. The molecule has 3 rings (SSSR count). The van der Waals surface area contributed by atoms with Crippen molar-refractivity contribution in [3.63, 3.8) is 0 Å². The number of ether oxygens (including phenoxy) is 1. The first-order valence-corrected chi connectivity index (χ1v) is 7.18. The van der Waals surface area contributed by atoms with Gasteiger partial charge < -0.3 is 15.2 Å². The van der Waals surface area contributed by atoms with Gasteiger partial charge in [-0.3, -0.25) is 0 Å². The van der Waals surface area contributed by atoms with Gasteiger partial charge in [0.05, 0.1) is 13.2 Å². The fourth-order valence-corrected chi connectivity index (χ4v) is 3.45. The number of hydrogen-bond acceptors (Lipinski definition) is 3. The van der Waals surface area contributed by atoms with Crippen LogP contribution < -0.4 is 10.1 Å². The van der Waals surface area contributed by atoms with Crippen LogP contribution in [0.1, 0.15) is 38.3 Å². The fourth-order valence-electron chi connectivity index (χ4n) is 3.45. The predicted octanol–water partition coefficient (Wildman–Crippen LogP) is 2.51. The number of fused-ring (bicyclic) bond motifs is 1. The number of para-hydroxylation sites is 1. The molecule has 0 amide bonds. The van der Waals surface area contributed by atoms with E-state index in [0.29, 0.717) is 18.1 Å². The monoisotopic (exact) mass is 261 g/mol. The summed E-state index contributed by atoms with van der Waals surface area (Å²) in [6.45, 7) is 5.39. The Bertz CT molecular complexity index is 450. The summed E-state index contributed by atoms with van der Waals surface area (Å²) in [6.07, 6.45) is 2.43. The molecule has 2 N–H and O–H groups in total. The lowest BCUT2D eigenvalue weighted by Crippen LogP contribution is -2.50. The zero-order valence-electron chi connectivity index (χ0n) is 11.7. The van der Waals surface area contributed by atoms with Gasteiger partial charge in [-0.2, -0.15) is 0 Å². The average molecular weight is 261 g/mol. The third kappa shape index (κ3) is 2.49. The number of hydrogen-bond donors (Lipinski definition) is 2. The van der Waals surface area contributed by atoms with Crippen molar-refractivity contribution in [2.45, 2.75) is 38.8 Å². The Balaban J connectivity index is 1.77. The number of aliphatic hydroxyl groups excluding tert-OH is 1. The zero-order valence-corrected chi connectivity index (χ0v) is 11.7. The highest BCUT2D eigenvalue weighted by Crippen LogP contribution is 2.43. The lowest BCUT2D eigenvalue weighted by molar-refractivity contribution is 0.0679. The van der Waals surface area contributed by atoms with Gasteiger partial charge in [0.25, 0.3) is 0 Å². The first kappa shape index (κ1) is 12.9. The Morgan fingerprint density at radius 1 is 1.32 bits per heavy atom. The Kier molecular flexibility index (Phi) is 3.27. The van der Waals surface area contributed by atoms with Crippen molar-refractivity contribution in [3.05, 3.63) is 29.8 Å². The van der Waals surface area contributed by atoms with Gasteiger partial charge in [-0.1, -0.05) is 32.0 Å². The maximum atomic E-state index is 9.57. The van der Waals surface area contributed by atoms with Crippen LogP contribution in [-0.4, -0.2) is 24.4 Å². The van der Waals surface area contributed by atoms with Gasteiger partial charge in [-0.25, -0.2) is 0 Å². The molecule has 0 saturated heterocycles. The van der Waals surface area contributed by atoms with Crippen molar-refractivity contribution in [2.75, 3.05) is 13.2 Å². The van der Waals surface area contributed by atoms with E-state index < -0.39 is 0 Å². The molecule has 3 heteroatoms. The predicted molar refractivity (Wildman–Crippen MR) is 75.2 cm³/mol. The van der Waals surface area contributed by atoms with E-state index in [1.54, 1.807) is 0 Å². The SMILES string of the molecule is CC1(C)CC(N[C@@H]2c3ccccc3OC[C@@H]2CO)C1. The molecule has 1 aromatic carbocycles. The largest absolute Gasteiger partial charge is 0.493 e. The molecular weight excluding hydrogens is 238 g/mol. The van der Waals surface area contributed by atoms with Gasteiger partial charge in [0.1, 0.15) is 5.75 Å². The normalized spacial score (nSPS) is 29.2. The highest BCUT2D eigenvalue weighted by atomic mass is 16.5. The Hall–Kier alpha value is -1.06. The van der Waals surface area contributed by atoms with Gasteiger partial charge in [-0.15, -0.1) is 0 Å². The molecule has 1 aliphatic heterocycles. The van der Waals surface area contributed by atoms with Crippen molar-refractivity contribution in [2.24, 2.45) is 11.3 Å². The van der Waals surface area contributed by atoms with Crippen LogP contribution in [0.25, 0.3) is 0 Å². The maximum absolute atomic E-state index is 9.57. The zero-order chi connectivity index (χ0) is 13.5. The number of nitrogens with one attached hydrogen (secondary N) is 1. The first-order chi connectivity index (χ1) is 9.09. The van der Waals surface area contributed by atoms with Gasteiger partial charge in [0, 0.05) is 23.6 Å². The van der Waals surface area contributed by atoms with E-state index in [2.05, 4.69) is 25.2 Å². The maximum Gasteiger partial charge on any atom is 0.124 e. The van der Waals surface area contributed by atoms with E-state index in [1.165, 1.54) is 18.4 Å². The molecule has 2 atom stereocenters. The van der Waals surface area contributed by atoms with Crippen molar-refractivity contribution in [1.82, 2.24) is 5.32 Å². The molecule has 2 aliphatic rings. The summed E-state index contributed by atoms with van der Waals surface area (Å²) in [5, 5.41) is 13.3. The molecule has 1 aliphatic carbocycles. The highest BCUT2D eigenvalue weighted by molar-refractivity contribution is 5.38. The standard InChI is InChI=1S/C16H23NO2/c1-16(2)7-12(8-16)17-15-11(9-18)10-19-14-6-4-3-5-13(14)15/h3-6,11-12,15,17-18H,7-10H2,1-2H3/t11-,15-/m0/s1. The molecular formula is C16H23NO2. The molecule has 104 valence electrons. The highest BCUT2D eigenvalue weighted by Gasteiger charge is 2.39. The molecule has 0 spiro atoms. The average Bonchev–Trinajstić information content (AvgIpc) is 2.37. The molecule has 0 unspecified atom stereocenters. The smallest absolute Gasteiger partial charge is 0.124 e. The van der Waals surface area contributed by atoms with E-state index in [1.807, 2.05) is 18.2 Å². The van der Waals surface area contributed by atoms with E-state index in [9.17, 15) is 5.11 Å². The number of aliphatic hydroxyl groups is 1. The van der Waals surface area contributed by atoms with Crippen LogP contribution in [0.3, 0.4) is 0 Å². The third-order valence-electron chi connectivity index (χ3n) is 4.43. The summed E-state index contributed by atoms with van der Waals surface area (Å²) in [7, 11) is 0. The summed E-state index contributed by atoms with van der Waals surface area (Å²) < 4.78 is 5.73. The van der Waals surface area contributed by atoms with Crippen molar-refractivity contribution >= 4 is 0 Å². The Labute approximate surface area is 115 Å². The fraction of sp³-hybridized carbons (Fsp3) is 0.625. The quantitative estimate of drug-likeness (QED) is 0.878. The molecule has 1 aromatic rings. The molecule has 0 bridgehead atoms. The molecule has 1 fully saturated rings. The second kappa shape index (κ2) is 4.80. The lowest BCUT2D eigenvalue weighted by Gasteiger charge is -2.46. The topological polar surface area (TPSA) is 41.5 Å². The minimum absolute atomic E-state index is 0.151. The Morgan fingerprint density at radius 2 is 2.05 bits per heavy atom. The van der Waals surface area contributed by atoms with E-state index in [4.69, 9.17) is 4.74 Å². The van der Waals surface area contributed by atoms with Crippen LogP contribution in [0.4, 0.5) is 0 Å². The lowest BCUT2D eigenvalue weighted by atomic mass is 9.68. The minimum atomic E-state index is 0.151. The van der Waals surface area contributed by atoms with Crippen molar-refractivity contribution in [3.8, 4) is 5.75 Å². The third-order valence-corrected chi connectivity index (χ3v) is 4.43. The Morgan fingerprint density at radius 3 is 2.74 bits per heavy atom. The van der Waals surface area contributed by atoms with Gasteiger partial charge in [0.2, 0.25) is 0 Å². The summed E-state index contributed by atoms with van der Waals surface area (Å²) in [6, 6.07) is 8.96. The van der Waals surface area contributed by atoms with Crippen molar-refractivity contribution < 1.29 is 9.84 Å². The van der Waals surface area contributed by atoms with Crippen LogP contribution in [0.15, 0.2) is 24.3 Å². The summed E-state index contributed by atoms with van der Waals surface area (Å²) in [5.41, 5.74) is 1.66. The van der Waals surface area contributed by atoms with Gasteiger partial charge in [0.15, 0.2) is 0 Å². The number of benzene rings is 1. The summed E-state index contributed by atoms with van der Waals surface area (Å²) in [4.78, 5) is 0. The molecule has 3 nitrogen and oxygen atoms in total. The van der Waals surface area contributed by atoms with Crippen LogP contribution >= 0.6 is 0 Å². The second-order valence-electron chi connectivity index (χ2n) is 6.71. The second-order valence-corrected chi connectivity index (χ2v) is 6.71. The van der Waals surface area contributed by atoms with E-state index in [-0.39, 0.29) is 18.6 Å². The van der Waals surface area contributed by atoms with Crippen LogP contribution in [-0.2, 0) is 0 Å². The molecule has 1 saturated carbocycles. The molecule has 1 heterocycles. The van der Waals surface area contributed by atoms with E-state index in [0.717, 1.165) is 5.75 Å². The summed E-state index contributed by atoms with van der Waals surface area (Å²) >= 11 is 0. The summed E-state index contributed by atoms with van der Waals surface area (Å²) in [5.74, 6) is 1.11. The van der Waals surface area contributed by atoms with Crippen LogP contribution in [0.2, 0.25) is 0 Å². The molecule has 0 radical (unpaired) electrons. The number of rotatable bonds is 3. The van der Waals surface area contributed by atoms with Crippen LogP contribution in [0.5, 0.6) is 5.75 Å². The molecule has 0 aromatic heterocycles. The van der Waals surface area contributed by atoms with Crippen LogP contribution in [0, 0.1) is 11.3 Å². The molecule has 19 heavy (non-hydrogen) atoms. The van der Waals surface area contributed by atoms with Gasteiger partial charge in [-0.05, 0) is 24.3 Å². The minimum Gasteiger partial charge on any atom is -0.493 e. The van der Waals surface area contributed by atoms with E-state index >= 15 is 0 Å². The van der Waals surface area contributed by atoms with Crippen molar-refractivity contribution in [1.29, 1.82) is 0 Å².